The summed E-state index contributed by atoms with van der Waals surface area (Å²) in [7, 11) is 0. The van der Waals surface area contributed by atoms with Crippen LogP contribution >= 0.6 is 23.6 Å². The molecule has 0 saturated carbocycles. The highest BCUT2D eigenvalue weighted by atomic mass is 32.1. The van der Waals surface area contributed by atoms with E-state index < -0.39 is 6.10 Å². The molecule has 0 radical (unpaired) electrons. The van der Waals surface area contributed by atoms with E-state index in [9.17, 15) is 9.90 Å². The average molecular weight is 274 g/mol. The van der Waals surface area contributed by atoms with Crippen LogP contribution in [0.1, 0.15) is 30.8 Å². The van der Waals surface area contributed by atoms with Crippen molar-refractivity contribution in [2.24, 2.45) is 0 Å². The minimum Gasteiger partial charge on any atom is -0.393 e. The smallest absolute Gasteiger partial charge is 0.225 e. The van der Waals surface area contributed by atoms with E-state index in [1.165, 1.54) is 11.3 Å². The lowest BCUT2D eigenvalue weighted by Crippen LogP contribution is -2.35. The molecule has 1 heterocycles. The zero-order valence-electron chi connectivity index (χ0n) is 10.2. The molecule has 0 aliphatic rings. The minimum atomic E-state index is -0.402. The van der Waals surface area contributed by atoms with E-state index in [2.05, 4.69) is 10.3 Å². The summed E-state index contributed by atoms with van der Waals surface area (Å²) in [6, 6.07) is -0.0188. The van der Waals surface area contributed by atoms with Gasteiger partial charge in [0.05, 0.1) is 12.5 Å². The standard InChI is InChI=1S/C11H18N2O2S2/c1-6(4-7(2)14)12-10(15)5-9-8(3)13-11(16)17-9/h6-7,14H,4-5H2,1-3H3,(H,12,15)(H,13,16). The highest BCUT2D eigenvalue weighted by Gasteiger charge is 2.12. The molecule has 0 aliphatic carbocycles. The number of thiazole rings is 1. The summed E-state index contributed by atoms with van der Waals surface area (Å²) >= 11 is 6.45. The summed E-state index contributed by atoms with van der Waals surface area (Å²) in [5, 5.41) is 12.1. The topological polar surface area (TPSA) is 65.1 Å². The fourth-order valence-electron chi connectivity index (χ4n) is 1.65. The van der Waals surface area contributed by atoms with Crippen molar-refractivity contribution in [3.8, 4) is 0 Å². The first-order chi connectivity index (χ1) is 7.88. The second kappa shape index (κ2) is 6.28. The summed E-state index contributed by atoms with van der Waals surface area (Å²) in [6.45, 7) is 5.51. The monoisotopic (exact) mass is 274 g/mol. The highest BCUT2D eigenvalue weighted by molar-refractivity contribution is 7.73. The van der Waals surface area contributed by atoms with Gasteiger partial charge in [-0.1, -0.05) is 0 Å². The summed E-state index contributed by atoms with van der Waals surface area (Å²) < 4.78 is 0.697. The van der Waals surface area contributed by atoms with Crippen molar-refractivity contribution in [1.29, 1.82) is 0 Å². The Morgan fingerprint density at radius 1 is 1.59 bits per heavy atom. The van der Waals surface area contributed by atoms with E-state index in [0.717, 1.165) is 10.6 Å². The second-order valence-corrected chi connectivity index (χ2v) is 6.06. The van der Waals surface area contributed by atoms with Gasteiger partial charge in [0.25, 0.3) is 0 Å². The van der Waals surface area contributed by atoms with Gasteiger partial charge in [0.1, 0.15) is 0 Å². The van der Waals surface area contributed by atoms with E-state index in [1.54, 1.807) is 6.92 Å². The highest BCUT2D eigenvalue weighted by Crippen LogP contribution is 2.15. The lowest BCUT2D eigenvalue weighted by molar-refractivity contribution is -0.121. The van der Waals surface area contributed by atoms with E-state index >= 15 is 0 Å². The van der Waals surface area contributed by atoms with Crippen molar-refractivity contribution in [2.75, 3.05) is 0 Å². The maximum absolute atomic E-state index is 11.7. The third kappa shape index (κ3) is 4.97. The molecule has 0 bridgehead atoms. The molecule has 0 saturated heterocycles. The van der Waals surface area contributed by atoms with Crippen LogP contribution in [0.2, 0.25) is 0 Å². The number of aliphatic hydroxyl groups excluding tert-OH is 1. The summed E-state index contributed by atoms with van der Waals surface area (Å²) in [6.07, 6.45) is 0.503. The number of carbonyl (C=O) groups is 1. The predicted octanol–water partition coefficient (Wildman–Crippen LogP) is 1.93. The molecule has 96 valence electrons. The number of H-pyrrole nitrogens is 1. The molecule has 2 unspecified atom stereocenters. The number of rotatable bonds is 5. The van der Waals surface area contributed by atoms with Crippen LogP contribution in [0.4, 0.5) is 0 Å². The van der Waals surface area contributed by atoms with Gasteiger partial charge < -0.3 is 15.4 Å². The van der Waals surface area contributed by atoms with Gasteiger partial charge in [-0.2, -0.15) is 0 Å². The van der Waals surface area contributed by atoms with Crippen molar-refractivity contribution >= 4 is 29.5 Å². The van der Waals surface area contributed by atoms with Gasteiger partial charge in [0.2, 0.25) is 5.91 Å². The molecule has 1 rings (SSSR count). The lowest BCUT2D eigenvalue weighted by atomic mass is 10.1. The normalized spacial score (nSPS) is 14.4. The molecular weight excluding hydrogens is 256 g/mol. The molecule has 0 aromatic carbocycles. The van der Waals surface area contributed by atoms with Crippen molar-refractivity contribution in [2.45, 2.75) is 45.8 Å². The Morgan fingerprint density at radius 2 is 2.24 bits per heavy atom. The average Bonchev–Trinajstić information content (AvgIpc) is 2.42. The number of aromatic amines is 1. The zero-order chi connectivity index (χ0) is 13.0. The first-order valence-electron chi connectivity index (χ1n) is 5.54. The lowest BCUT2D eigenvalue weighted by Gasteiger charge is -2.15. The molecule has 6 heteroatoms. The van der Waals surface area contributed by atoms with Crippen LogP contribution < -0.4 is 5.32 Å². The molecule has 0 spiro atoms. The SMILES string of the molecule is Cc1[nH]c(=S)sc1CC(=O)NC(C)CC(C)O. The molecule has 1 amide bonds. The summed E-state index contributed by atoms with van der Waals surface area (Å²) in [4.78, 5) is 15.7. The van der Waals surface area contributed by atoms with Gasteiger partial charge in [-0.3, -0.25) is 4.79 Å². The van der Waals surface area contributed by atoms with Crippen molar-refractivity contribution in [1.82, 2.24) is 10.3 Å². The fourth-order valence-corrected chi connectivity index (χ4v) is 2.94. The molecule has 4 nitrogen and oxygen atoms in total. The largest absolute Gasteiger partial charge is 0.393 e. The second-order valence-electron chi connectivity index (χ2n) is 4.29. The van der Waals surface area contributed by atoms with Gasteiger partial charge in [-0.25, -0.2) is 0 Å². The first kappa shape index (κ1) is 14.3. The molecule has 1 aromatic rings. The Balaban J connectivity index is 2.50. The molecule has 0 aliphatic heterocycles. The number of carbonyl (C=O) groups excluding carboxylic acids is 1. The predicted molar refractivity (Wildman–Crippen MR) is 71.8 cm³/mol. The Kier molecular flexibility index (Phi) is 5.30. The van der Waals surface area contributed by atoms with Crippen molar-refractivity contribution in [3.63, 3.8) is 0 Å². The molecule has 0 fully saturated rings. The van der Waals surface area contributed by atoms with Gasteiger partial charge in [0.15, 0.2) is 3.95 Å². The van der Waals surface area contributed by atoms with Crippen LogP contribution in [-0.4, -0.2) is 28.1 Å². The third-order valence-electron chi connectivity index (χ3n) is 2.35. The number of hydrogen-bond donors (Lipinski definition) is 3. The van der Waals surface area contributed by atoms with Gasteiger partial charge >= 0.3 is 0 Å². The Bertz CT molecular complexity index is 437. The Labute approximate surface area is 110 Å². The quantitative estimate of drug-likeness (QED) is 0.719. The van der Waals surface area contributed by atoms with Crippen LogP contribution in [0.25, 0.3) is 0 Å². The van der Waals surface area contributed by atoms with Crippen LogP contribution in [0.5, 0.6) is 0 Å². The number of aromatic nitrogens is 1. The van der Waals surface area contributed by atoms with Crippen LogP contribution in [0.3, 0.4) is 0 Å². The van der Waals surface area contributed by atoms with Crippen LogP contribution in [-0.2, 0) is 11.2 Å². The molecule has 3 N–H and O–H groups in total. The molecule has 2 atom stereocenters. The number of aliphatic hydroxyl groups is 1. The zero-order valence-corrected chi connectivity index (χ0v) is 11.9. The Morgan fingerprint density at radius 3 is 2.71 bits per heavy atom. The van der Waals surface area contributed by atoms with Gasteiger partial charge in [-0.15, -0.1) is 11.3 Å². The number of amides is 1. The van der Waals surface area contributed by atoms with Crippen LogP contribution in [0, 0.1) is 10.9 Å². The van der Waals surface area contributed by atoms with Crippen molar-refractivity contribution < 1.29 is 9.90 Å². The van der Waals surface area contributed by atoms with E-state index in [-0.39, 0.29) is 11.9 Å². The maximum Gasteiger partial charge on any atom is 0.225 e. The number of aryl methyl sites for hydroxylation is 1. The fraction of sp³-hybridized carbons (Fsp3) is 0.636. The minimum absolute atomic E-state index is 0.0188. The number of hydrogen-bond acceptors (Lipinski definition) is 4. The molecular formula is C11H18N2O2S2. The third-order valence-corrected chi connectivity index (χ3v) is 3.68. The van der Waals surface area contributed by atoms with Crippen LogP contribution in [0.15, 0.2) is 0 Å². The van der Waals surface area contributed by atoms with Gasteiger partial charge in [-0.05, 0) is 39.4 Å². The summed E-state index contributed by atoms with van der Waals surface area (Å²) in [5.41, 5.74) is 0.957. The first-order valence-corrected chi connectivity index (χ1v) is 6.77. The van der Waals surface area contributed by atoms with Crippen molar-refractivity contribution in [3.05, 3.63) is 14.5 Å². The Hall–Kier alpha value is -0.720. The maximum atomic E-state index is 11.7. The summed E-state index contributed by atoms with van der Waals surface area (Å²) in [5.74, 6) is -0.0356. The van der Waals surface area contributed by atoms with Gasteiger partial charge in [0, 0.05) is 16.6 Å². The molecule has 17 heavy (non-hydrogen) atoms. The van der Waals surface area contributed by atoms with E-state index in [0.29, 0.717) is 16.8 Å². The van der Waals surface area contributed by atoms with E-state index in [4.69, 9.17) is 12.2 Å². The number of nitrogens with one attached hydrogen (secondary N) is 2. The van der Waals surface area contributed by atoms with E-state index in [1.807, 2.05) is 13.8 Å². The molecule has 1 aromatic heterocycles.